The van der Waals surface area contributed by atoms with Crippen LogP contribution in [-0.2, 0) is 9.53 Å². The van der Waals surface area contributed by atoms with Crippen molar-refractivity contribution in [2.45, 2.75) is 31.8 Å². The zero-order valence-electron chi connectivity index (χ0n) is 13.6. The number of oxazole rings is 1. The summed E-state index contributed by atoms with van der Waals surface area (Å²) in [5.74, 6) is -0.372. The van der Waals surface area contributed by atoms with Gasteiger partial charge in [-0.3, -0.25) is 14.9 Å². The van der Waals surface area contributed by atoms with E-state index in [0.717, 1.165) is 19.3 Å². The Bertz CT molecular complexity index is 752. The highest BCUT2D eigenvalue weighted by Gasteiger charge is 2.19. The molecule has 3 rings (SSSR count). The quantitative estimate of drug-likeness (QED) is 0.631. The predicted molar refractivity (Wildman–Crippen MR) is 89.2 cm³/mol. The minimum atomic E-state index is -0.449. The average Bonchev–Trinajstić information content (AvgIpc) is 3.00. The summed E-state index contributed by atoms with van der Waals surface area (Å²) in [6, 6.07) is 6.29. The van der Waals surface area contributed by atoms with Crippen LogP contribution in [0.2, 0.25) is 0 Å². The van der Waals surface area contributed by atoms with E-state index in [1.807, 2.05) is 0 Å². The first kappa shape index (κ1) is 17.0. The van der Waals surface area contributed by atoms with E-state index in [9.17, 15) is 9.59 Å². The second kappa shape index (κ2) is 7.80. The summed E-state index contributed by atoms with van der Waals surface area (Å²) in [5, 5.41) is 2.47. The number of rotatable bonds is 5. The Labute approximate surface area is 144 Å². The lowest BCUT2D eigenvalue weighted by atomic mass is 10.1. The number of esters is 1. The van der Waals surface area contributed by atoms with E-state index in [4.69, 9.17) is 19.6 Å². The molecule has 2 aromatic rings. The molecule has 1 aliphatic rings. The van der Waals surface area contributed by atoms with Gasteiger partial charge in [0.1, 0.15) is 12.0 Å². The zero-order chi connectivity index (χ0) is 17.6. The van der Waals surface area contributed by atoms with Gasteiger partial charge in [-0.1, -0.05) is 6.07 Å². The summed E-state index contributed by atoms with van der Waals surface area (Å²) in [5.41, 5.74) is 5.73. The molecule has 1 aromatic heterocycles. The molecule has 3 N–H and O–H groups in total. The Morgan fingerprint density at radius 2 is 2.24 bits per heavy atom. The first-order valence-corrected chi connectivity index (χ1v) is 8.05. The van der Waals surface area contributed by atoms with Crippen LogP contribution in [0.5, 0.6) is 5.75 Å². The summed E-state index contributed by atoms with van der Waals surface area (Å²) < 4.78 is 15.8. The summed E-state index contributed by atoms with van der Waals surface area (Å²) in [6.07, 6.45) is 4.27. The number of ether oxygens (including phenoxy) is 2. The Hall–Kier alpha value is -2.87. The maximum Gasteiger partial charge on any atom is 0.313 e. The molecule has 1 aromatic carbocycles. The number of benzene rings is 1. The van der Waals surface area contributed by atoms with E-state index in [-0.39, 0.29) is 30.3 Å². The minimum absolute atomic E-state index is 0.000606. The molecule has 2 heterocycles. The van der Waals surface area contributed by atoms with E-state index in [0.29, 0.717) is 17.9 Å². The molecule has 0 aliphatic carbocycles. The zero-order valence-corrected chi connectivity index (χ0v) is 13.6. The summed E-state index contributed by atoms with van der Waals surface area (Å²) in [4.78, 5) is 28.0. The van der Waals surface area contributed by atoms with E-state index in [1.54, 1.807) is 18.2 Å². The maximum atomic E-state index is 12.2. The molecule has 1 unspecified atom stereocenters. The lowest BCUT2D eigenvalue weighted by Crippen LogP contribution is -2.24. The van der Waals surface area contributed by atoms with Crippen molar-refractivity contribution in [3.05, 3.63) is 36.1 Å². The molecule has 132 valence electrons. The van der Waals surface area contributed by atoms with Gasteiger partial charge in [-0.15, -0.1) is 0 Å². The van der Waals surface area contributed by atoms with Crippen LogP contribution >= 0.6 is 0 Å². The molecule has 1 fully saturated rings. The molecule has 0 bridgehead atoms. The highest BCUT2D eigenvalue weighted by atomic mass is 16.5. The van der Waals surface area contributed by atoms with Crippen LogP contribution < -0.4 is 15.8 Å². The van der Waals surface area contributed by atoms with Gasteiger partial charge in [-0.25, -0.2) is 0 Å². The molecule has 0 radical (unpaired) electrons. The number of carbonyl (C=O) groups is 2. The molecule has 1 atom stereocenters. The Morgan fingerprint density at radius 1 is 1.36 bits per heavy atom. The highest BCUT2D eigenvalue weighted by molar-refractivity contribution is 6.03. The molecule has 1 aliphatic heterocycles. The number of carbonyl (C=O) groups excluding carboxylic acids is 2. The topological polar surface area (TPSA) is 117 Å². The third-order valence-electron chi connectivity index (χ3n) is 3.74. The number of nitrogens with one attached hydrogen (secondary N) is 1. The van der Waals surface area contributed by atoms with Crippen LogP contribution in [0, 0.1) is 0 Å². The fraction of sp³-hybridized carbons (Fsp3) is 0.353. The van der Waals surface area contributed by atoms with Crippen molar-refractivity contribution in [2.75, 3.05) is 17.7 Å². The second-order valence-electron chi connectivity index (χ2n) is 5.73. The highest BCUT2D eigenvalue weighted by Crippen LogP contribution is 2.19. The van der Waals surface area contributed by atoms with E-state index in [2.05, 4.69) is 10.3 Å². The predicted octanol–water partition coefficient (Wildman–Crippen LogP) is 2.37. The molecule has 1 amide bonds. The third-order valence-corrected chi connectivity index (χ3v) is 3.74. The average molecular weight is 345 g/mol. The van der Waals surface area contributed by atoms with Crippen LogP contribution in [-0.4, -0.2) is 29.6 Å². The number of hydrogen-bond donors (Lipinski definition) is 2. The van der Waals surface area contributed by atoms with Crippen molar-refractivity contribution in [1.82, 2.24) is 4.98 Å². The van der Waals surface area contributed by atoms with E-state index < -0.39 is 5.91 Å². The Balaban J connectivity index is 1.58. The third kappa shape index (κ3) is 4.80. The molecular formula is C17H19N3O5. The first-order valence-electron chi connectivity index (χ1n) is 8.05. The van der Waals surface area contributed by atoms with E-state index >= 15 is 0 Å². The van der Waals surface area contributed by atoms with Gasteiger partial charge in [0.2, 0.25) is 0 Å². The molecule has 25 heavy (non-hydrogen) atoms. The number of hydrogen-bond acceptors (Lipinski definition) is 7. The monoisotopic (exact) mass is 345 g/mol. The van der Waals surface area contributed by atoms with Crippen molar-refractivity contribution >= 4 is 23.7 Å². The SMILES string of the molecule is Nc1coc(NC(=O)c2cccc(OC(=O)CC3CCCCO3)c2)n1. The van der Waals surface area contributed by atoms with Crippen molar-refractivity contribution in [3.8, 4) is 5.75 Å². The van der Waals surface area contributed by atoms with Crippen molar-refractivity contribution < 1.29 is 23.5 Å². The van der Waals surface area contributed by atoms with Crippen LogP contribution in [0.4, 0.5) is 11.8 Å². The molecular weight excluding hydrogens is 326 g/mol. The number of aromatic nitrogens is 1. The fourth-order valence-electron chi connectivity index (χ4n) is 2.54. The summed E-state index contributed by atoms with van der Waals surface area (Å²) >= 11 is 0. The lowest BCUT2D eigenvalue weighted by molar-refractivity contribution is -0.138. The van der Waals surface area contributed by atoms with Gasteiger partial charge in [0.05, 0.1) is 12.5 Å². The van der Waals surface area contributed by atoms with Gasteiger partial charge >= 0.3 is 12.0 Å². The van der Waals surface area contributed by atoms with Gasteiger partial charge in [-0.05, 0) is 37.5 Å². The van der Waals surface area contributed by atoms with Crippen LogP contribution in [0.25, 0.3) is 0 Å². The Morgan fingerprint density at radius 3 is 2.96 bits per heavy atom. The number of amides is 1. The van der Waals surface area contributed by atoms with Crippen LogP contribution in [0.3, 0.4) is 0 Å². The standard InChI is InChI=1S/C17H19N3O5/c18-14-10-24-17(19-14)20-16(22)11-4-3-6-13(8-11)25-15(21)9-12-5-1-2-7-23-12/h3-4,6,8,10,12H,1-2,5,7,9,18H2,(H,19,20,22). The largest absolute Gasteiger partial charge is 0.430 e. The maximum absolute atomic E-state index is 12.2. The van der Waals surface area contributed by atoms with Gasteiger partial charge in [0, 0.05) is 12.2 Å². The lowest BCUT2D eigenvalue weighted by Gasteiger charge is -2.21. The molecule has 8 heteroatoms. The van der Waals surface area contributed by atoms with Gasteiger partial charge in [0.15, 0.2) is 5.82 Å². The number of nitrogens with zero attached hydrogens (tertiary/aromatic N) is 1. The van der Waals surface area contributed by atoms with Crippen molar-refractivity contribution in [1.29, 1.82) is 0 Å². The minimum Gasteiger partial charge on any atom is -0.430 e. The Kier molecular flexibility index (Phi) is 5.30. The molecule has 0 spiro atoms. The fourth-order valence-corrected chi connectivity index (χ4v) is 2.54. The van der Waals surface area contributed by atoms with Crippen LogP contribution in [0.15, 0.2) is 34.9 Å². The van der Waals surface area contributed by atoms with Crippen LogP contribution in [0.1, 0.15) is 36.0 Å². The summed E-state index contributed by atoms with van der Waals surface area (Å²) in [7, 11) is 0. The van der Waals surface area contributed by atoms with Gasteiger partial charge < -0.3 is 19.6 Å². The van der Waals surface area contributed by atoms with Crippen molar-refractivity contribution in [3.63, 3.8) is 0 Å². The normalized spacial score (nSPS) is 17.0. The van der Waals surface area contributed by atoms with E-state index in [1.165, 1.54) is 12.3 Å². The first-order chi connectivity index (χ1) is 12.1. The molecule has 1 saturated heterocycles. The summed E-state index contributed by atoms with van der Waals surface area (Å²) in [6.45, 7) is 0.679. The number of nitrogen functional groups attached to an aromatic ring is 1. The van der Waals surface area contributed by atoms with Gasteiger partial charge in [-0.2, -0.15) is 4.98 Å². The number of anilines is 2. The molecule has 0 saturated carbocycles. The molecule has 8 nitrogen and oxygen atoms in total. The number of nitrogens with two attached hydrogens (primary N) is 1. The van der Waals surface area contributed by atoms with Crippen molar-refractivity contribution in [2.24, 2.45) is 0 Å². The smallest absolute Gasteiger partial charge is 0.313 e. The van der Waals surface area contributed by atoms with Gasteiger partial charge in [0.25, 0.3) is 5.91 Å². The second-order valence-corrected chi connectivity index (χ2v) is 5.73.